The van der Waals surface area contributed by atoms with E-state index >= 15 is 0 Å². The Morgan fingerprint density at radius 2 is 1.90 bits per heavy atom. The summed E-state index contributed by atoms with van der Waals surface area (Å²) in [6.07, 6.45) is 3.10. The average molecular weight is 294 g/mol. The molecule has 0 saturated carbocycles. The van der Waals surface area contributed by atoms with Gasteiger partial charge in [-0.3, -0.25) is 10.1 Å². The van der Waals surface area contributed by atoms with Gasteiger partial charge in [0.2, 0.25) is 0 Å². The van der Waals surface area contributed by atoms with Crippen LogP contribution in [0, 0.1) is 24.0 Å². The second kappa shape index (κ2) is 5.83. The average Bonchev–Trinajstić information content (AvgIpc) is 2.42. The van der Waals surface area contributed by atoms with Crippen molar-refractivity contribution in [2.24, 2.45) is 0 Å². The molecule has 0 spiro atoms. The lowest BCUT2D eigenvalue weighted by Crippen LogP contribution is -1.97. The molecule has 0 aliphatic rings. The van der Waals surface area contributed by atoms with Gasteiger partial charge in [-0.1, -0.05) is 0 Å². The van der Waals surface area contributed by atoms with E-state index in [9.17, 15) is 10.1 Å². The van der Waals surface area contributed by atoms with Crippen LogP contribution in [0.5, 0.6) is 11.8 Å². The smallest absolute Gasteiger partial charge is 0.321 e. The molecular formula is C13H12ClN3O3. The summed E-state index contributed by atoms with van der Waals surface area (Å²) in [5.41, 5.74) is 2.13. The summed E-state index contributed by atoms with van der Waals surface area (Å²) in [7, 11) is 0. The fourth-order valence-corrected chi connectivity index (χ4v) is 1.83. The minimum atomic E-state index is -0.445. The van der Waals surface area contributed by atoms with Gasteiger partial charge >= 0.3 is 6.01 Å². The molecule has 1 heterocycles. The maximum atomic E-state index is 10.9. The minimum absolute atomic E-state index is 0.00276. The first-order valence-electron chi connectivity index (χ1n) is 5.81. The summed E-state index contributed by atoms with van der Waals surface area (Å²) in [6.45, 7) is 3.49. The third kappa shape index (κ3) is 3.03. The first-order valence-corrected chi connectivity index (χ1v) is 6.35. The SMILES string of the molecule is Cc1cc(C)c([N+](=O)[O-])cc1Oc1ncc(CCl)cn1. The molecule has 1 aromatic heterocycles. The zero-order chi connectivity index (χ0) is 14.7. The van der Waals surface area contributed by atoms with Crippen LogP contribution >= 0.6 is 11.6 Å². The number of benzene rings is 1. The van der Waals surface area contributed by atoms with Crippen LogP contribution in [0.15, 0.2) is 24.5 Å². The van der Waals surface area contributed by atoms with Gasteiger partial charge in [-0.05, 0) is 25.5 Å². The Balaban J connectivity index is 2.32. The molecule has 7 heteroatoms. The molecule has 0 saturated heterocycles. The number of hydrogen-bond acceptors (Lipinski definition) is 5. The second-order valence-electron chi connectivity index (χ2n) is 4.27. The Morgan fingerprint density at radius 1 is 1.25 bits per heavy atom. The Kier molecular flexibility index (Phi) is 4.14. The monoisotopic (exact) mass is 293 g/mol. The van der Waals surface area contributed by atoms with Crippen molar-refractivity contribution in [1.82, 2.24) is 9.97 Å². The largest absolute Gasteiger partial charge is 0.424 e. The molecular weight excluding hydrogens is 282 g/mol. The van der Waals surface area contributed by atoms with Gasteiger partial charge < -0.3 is 4.74 Å². The van der Waals surface area contributed by atoms with Crippen LogP contribution in [-0.4, -0.2) is 14.9 Å². The van der Waals surface area contributed by atoms with Crippen molar-refractivity contribution in [3.8, 4) is 11.8 Å². The molecule has 0 amide bonds. The molecule has 0 bridgehead atoms. The van der Waals surface area contributed by atoms with Crippen LogP contribution in [-0.2, 0) is 5.88 Å². The van der Waals surface area contributed by atoms with Crippen molar-refractivity contribution in [2.75, 3.05) is 0 Å². The number of rotatable bonds is 4. The van der Waals surface area contributed by atoms with Crippen molar-refractivity contribution in [1.29, 1.82) is 0 Å². The lowest BCUT2D eigenvalue weighted by atomic mass is 10.1. The number of halogens is 1. The van der Waals surface area contributed by atoms with E-state index in [-0.39, 0.29) is 11.7 Å². The van der Waals surface area contributed by atoms with Gasteiger partial charge in [-0.2, -0.15) is 0 Å². The van der Waals surface area contributed by atoms with Gasteiger partial charge in [0.15, 0.2) is 0 Å². The summed E-state index contributed by atoms with van der Waals surface area (Å²) in [5.74, 6) is 0.677. The van der Waals surface area contributed by atoms with Crippen molar-refractivity contribution < 1.29 is 9.66 Å². The predicted octanol–water partition coefficient (Wildman–Crippen LogP) is 3.53. The zero-order valence-corrected chi connectivity index (χ0v) is 11.7. The van der Waals surface area contributed by atoms with E-state index in [1.54, 1.807) is 32.3 Å². The van der Waals surface area contributed by atoms with E-state index in [1.165, 1.54) is 6.07 Å². The van der Waals surface area contributed by atoms with E-state index in [4.69, 9.17) is 16.3 Å². The van der Waals surface area contributed by atoms with Crippen molar-refractivity contribution in [2.45, 2.75) is 19.7 Å². The molecule has 20 heavy (non-hydrogen) atoms. The van der Waals surface area contributed by atoms with Crippen molar-refractivity contribution in [3.05, 3.63) is 51.3 Å². The molecule has 2 aromatic rings. The molecule has 0 N–H and O–H groups in total. The number of nitrogens with zero attached hydrogens (tertiary/aromatic N) is 3. The van der Waals surface area contributed by atoms with Crippen LogP contribution in [0.4, 0.5) is 5.69 Å². The molecule has 2 rings (SSSR count). The molecule has 0 aliphatic heterocycles. The lowest BCUT2D eigenvalue weighted by Gasteiger charge is -2.08. The number of alkyl halides is 1. The summed E-state index contributed by atoms with van der Waals surface area (Å²) >= 11 is 5.64. The molecule has 0 radical (unpaired) electrons. The number of ether oxygens (including phenoxy) is 1. The topological polar surface area (TPSA) is 78.2 Å². The Hall–Kier alpha value is -2.21. The zero-order valence-electron chi connectivity index (χ0n) is 11.0. The van der Waals surface area contributed by atoms with Crippen LogP contribution in [0.1, 0.15) is 16.7 Å². The fraction of sp³-hybridized carbons (Fsp3) is 0.231. The quantitative estimate of drug-likeness (QED) is 0.489. The standard InChI is InChI=1S/C13H12ClN3O3/c1-8-3-9(2)12(4-11(8)17(18)19)20-13-15-6-10(5-14)7-16-13/h3-4,6-7H,5H2,1-2H3. The lowest BCUT2D eigenvalue weighted by molar-refractivity contribution is -0.385. The Labute approximate surface area is 120 Å². The number of nitro groups is 1. The minimum Gasteiger partial charge on any atom is -0.424 e. The number of aryl methyl sites for hydroxylation is 2. The highest BCUT2D eigenvalue weighted by molar-refractivity contribution is 6.17. The Morgan fingerprint density at radius 3 is 2.45 bits per heavy atom. The molecule has 6 nitrogen and oxygen atoms in total. The van der Waals surface area contributed by atoms with Gasteiger partial charge in [0.1, 0.15) is 5.75 Å². The van der Waals surface area contributed by atoms with Gasteiger partial charge in [-0.25, -0.2) is 9.97 Å². The summed E-state index contributed by atoms with van der Waals surface area (Å²) in [6, 6.07) is 3.20. The van der Waals surface area contributed by atoms with Gasteiger partial charge in [0, 0.05) is 23.5 Å². The molecule has 1 aromatic carbocycles. The van der Waals surface area contributed by atoms with Crippen LogP contribution in [0.25, 0.3) is 0 Å². The van der Waals surface area contributed by atoms with E-state index < -0.39 is 4.92 Å². The molecule has 0 aliphatic carbocycles. The maximum absolute atomic E-state index is 10.9. The summed E-state index contributed by atoms with van der Waals surface area (Å²) in [4.78, 5) is 18.5. The summed E-state index contributed by atoms with van der Waals surface area (Å²) < 4.78 is 5.48. The molecule has 104 valence electrons. The first-order chi connectivity index (χ1) is 9.51. The highest BCUT2D eigenvalue weighted by atomic mass is 35.5. The highest BCUT2D eigenvalue weighted by Gasteiger charge is 2.15. The molecule has 0 fully saturated rings. The van der Waals surface area contributed by atoms with Crippen molar-refractivity contribution >= 4 is 17.3 Å². The van der Waals surface area contributed by atoms with Gasteiger partial charge in [0.25, 0.3) is 5.69 Å². The van der Waals surface area contributed by atoms with Crippen LogP contribution in [0.2, 0.25) is 0 Å². The van der Waals surface area contributed by atoms with E-state index in [2.05, 4.69) is 9.97 Å². The van der Waals surface area contributed by atoms with Crippen LogP contribution < -0.4 is 4.74 Å². The van der Waals surface area contributed by atoms with E-state index in [1.807, 2.05) is 0 Å². The first kappa shape index (κ1) is 14.2. The van der Waals surface area contributed by atoms with E-state index in [0.29, 0.717) is 17.2 Å². The summed E-state index contributed by atoms with van der Waals surface area (Å²) in [5, 5.41) is 10.9. The second-order valence-corrected chi connectivity index (χ2v) is 4.54. The normalized spacial score (nSPS) is 10.3. The molecule has 0 unspecified atom stereocenters. The van der Waals surface area contributed by atoms with Crippen molar-refractivity contribution in [3.63, 3.8) is 0 Å². The van der Waals surface area contributed by atoms with E-state index in [0.717, 1.165) is 11.1 Å². The van der Waals surface area contributed by atoms with Gasteiger partial charge in [0.05, 0.1) is 16.9 Å². The number of aromatic nitrogens is 2. The fourth-order valence-electron chi connectivity index (χ4n) is 1.69. The Bertz CT molecular complexity index is 644. The van der Waals surface area contributed by atoms with Crippen LogP contribution in [0.3, 0.4) is 0 Å². The predicted molar refractivity (Wildman–Crippen MR) is 74.2 cm³/mol. The third-order valence-electron chi connectivity index (χ3n) is 2.73. The molecule has 0 atom stereocenters. The number of nitro benzene ring substituents is 1. The third-order valence-corrected chi connectivity index (χ3v) is 3.04. The maximum Gasteiger partial charge on any atom is 0.321 e. The van der Waals surface area contributed by atoms with Gasteiger partial charge in [-0.15, -0.1) is 11.6 Å². The highest BCUT2D eigenvalue weighted by Crippen LogP contribution is 2.30. The number of hydrogen-bond donors (Lipinski definition) is 0.